The number of anilines is 1. The molecule has 0 unspecified atom stereocenters. The number of thioether (sulfide) groups is 1. The van der Waals surface area contributed by atoms with Crippen LogP contribution in [0.3, 0.4) is 0 Å². The second-order valence-corrected chi connectivity index (χ2v) is 7.26. The molecule has 2 aromatic carbocycles. The zero-order valence-electron chi connectivity index (χ0n) is 15.1. The van der Waals surface area contributed by atoms with Crippen LogP contribution in [0.5, 0.6) is 0 Å². The van der Waals surface area contributed by atoms with Crippen molar-refractivity contribution in [1.29, 1.82) is 0 Å². The first-order valence-corrected chi connectivity index (χ1v) is 9.95. The number of carbonyl (C=O) groups excluding carboxylic acids is 1. The van der Waals surface area contributed by atoms with Crippen molar-refractivity contribution in [2.75, 3.05) is 36.8 Å². The van der Waals surface area contributed by atoms with Crippen LogP contribution in [-0.4, -0.2) is 62.9 Å². The van der Waals surface area contributed by atoms with Crippen LogP contribution >= 0.6 is 11.8 Å². The molecular formula is C19H19FN6OS. The summed E-state index contributed by atoms with van der Waals surface area (Å²) >= 11 is 1.31. The number of nitrogens with zero attached hydrogens (tertiary/aromatic N) is 6. The molecule has 1 saturated heterocycles. The van der Waals surface area contributed by atoms with Gasteiger partial charge in [0.1, 0.15) is 5.82 Å². The van der Waals surface area contributed by atoms with Gasteiger partial charge in [-0.3, -0.25) is 4.79 Å². The molecule has 0 N–H and O–H groups in total. The van der Waals surface area contributed by atoms with Gasteiger partial charge in [-0.05, 0) is 34.7 Å². The minimum absolute atomic E-state index is 0.0285. The first-order chi connectivity index (χ1) is 13.7. The van der Waals surface area contributed by atoms with Gasteiger partial charge in [0.05, 0.1) is 17.1 Å². The molecule has 0 spiro atoms. The van der Waals surface area contributed by atoms with Gasteiger partial charge in [-0.1, -0.05) is 42.1 Å². The van der Waals surface area contributed by atoms with E-state index in [9.17, 15) is 9.18 Å². The van der Waals surface area contributed by atoms with Crippen molar-refractivity contribution in [3.05, 3.63) is 60.4 Å². The summed E-state index contributed by atoms with van der Waals surface area (Å²) in [5.41, 5.74) is 1.44. The summed E-state index contributed by atoms with van der Waals surface area (Å²) < 4.78 is 15.6. The van der Waals surface area contributed by atoms with Crippen molar-refractivity contribution < 1.29 is 9.18 Å². The highest BCUT2D eigenvalue weighted by molar-refractivity contribution is 7.99. The molecule has 0 atom stereocenters. The van der Waals surface area contributed by atoms with Crippen LogP contribution in [0.4, 0.5) is 10.1 Å². The highest BCUT2D eigenvalue weighted by Crippen LogP contribution is 2.22. The van der Waals surface area contributed by atoms with Gasteiger partial charge < -0.3 is 9.80 Å². The Labute approximate surface area is 166 Å². The zero-order valence-corrected chi connectivity index (χ0v) is 15.9. The van der Waals surface area contributed by atoms with Gasteiger partial charge >= 0.3 is 0 Å². The number of aromatic nitrogens is 4. The molecule has 3 aromatic rings. The molecule has 2 heterocycles. The number of tetrazole rings is 1. The van der Waals surface area contributed by atoms with Crippen molar-refractivity contribution in [2.45, 2.75) is 5.16 Å². The maximum absolute atomic E-state index is 13.9. The second kappa shape index (κ2) is 8.39. The van der Waals surface area contributed by atoms with Gasteiger partial charge in [0.2, 0.25) is 11.1 Å². The lowest BCUT2D eigenvalue weighted by molar-refractivity contribution is -0.128. The molecule has 0 radical (unpaired) electrons. The fourth-order valence-corrected chi connectivity index (χ4v) is 3.92. The third kappa shape index (κ3) is 3.99. The van der Waals surface area contributed by atoms with Crippen molar-refractivity contribution in [3.63, 3.8) is 0 Å². The van der Waals surface area contributed by atoms with Gasteiger partial charge in [0.25, 0.3) is 0 Å². The topological polar surface area (TPSA) is 67.2 Å². The molecule has 1 fully saturated rings. The summed E-state index contributed by atoms with van der Waals surface area (Å²) in [6.07, 6.45) is 0. The Hall–Kier alpha value is -2.94. The van der Waals surface area contributed by atoms with Crippen LogP contribution in [0.25, 0.3) is 5.69 Å². The Balaban J connectivity index is 1.33. The minimum Gasteiger partial charge on any atom is -0.366 e. The van der Waals surface area contributed by atoms with Gasteiger partial charge in [-0.25, -0.2) is 4.39 Å². The first kappa shape index (κ1) is 18.4. The maximum Gasteiger partial charge on any atom is 0.233 e. The van der Waals surface area contributed by atoms with Crippen LogP contribution in [0.2, 0.25) is 0 Å². The summed E-state index contributed by atoms with van der Waals surface area (Å²) in [7, 11) is 0. The molecule has 0 aliphatic carbocycles. The van der Waals surface area contributed by atoms with Crippen LogP contribution in [0, 0.1) is 5.82 Å². The van der Waals surface area contributed by atoms with E-state index in [0.29, 0.717) is 37.0 Å². The number of rotatable bonds is 5. The normalized spacial score (nSPS) is 14.3. The number of benzene rings is 2. The highest BCUT2D eigenvalue weighted by Gasteiger charge is 2.23. The lowest BCUT2D eigenvalue weighted by Gasteiger charge is -2.36. The first-order valence-electron chi connectivity index (χ1n) is 8.96. The zero-order chi connectivity index (χ0) is 19.3. The Kier molecular flexibility index (Phi) is 5.52. The van der Waals surface area contributed by atoms with Crippen LogP contribution in [0.1, 0.15) is 0 Å². The SMILES string of the molecule is O=C(CSc1nnnn1-c1ccccc1)N1CCN(c2ccccc2F)CC1. The van der Waals surface area contributed by atoms with Gasteiger partial charge in [0.15, 0.2) is 0 Å². The van der Waals surface area contributed by atoms with E-state index >= 15 is 0 Å². The fraction of sp³-hybridized carbons (Fsp3) is 0.263. The van der Waals surface area contributed by atoms with Crippen LogP contribution in [0.15, 0.2) is 59.8 Å². The number of amides is 1. The monoisotopic (exact) mass is 398 g/mol. The molecule has 28 heavy (non-hydrogen) atoms. The summed E-state index contributed by atoms with van der Waals surface area (Å²) in [5.74, 6) is 0.0544. The number of para-hydroxylation sites is 2. The Bertz CT molecular complexity index is 942. The summed E-state index contributed by atoms with van der Waals surface area (Å²) in [4.78, 5) is 16.4. The van der Waals surface area contributed by atoms with Gasteiger partial charge in [-0.15, -0.1) is 5.10 Å². The van der Waals surface area contributed by atoms with E-state index in [4.69, 9.17) is 0 Å². The standard InChI is InChI=1S/C19H19FN6OS/c20-16-8-4-5-9-17(16)24-10-12-25(13-11-24)18(27)14-28-19-21-22-23-26(19)15-6-2-1-3-7-15/h1-9H,10-14H2. The van der Waals surface area contributed by atoms with E-state index in [1.54, 1.807) is 21.7 Å². The average molecular weight is 398 g/mol. The predicted molar refractivity (Wildman–Crippen MR) is 105 cm³/mol. The van der Waals surface area contributed by atoms with Crippen molar-refractivity contribution in [2.24, 2.45) is 0 Å². The number of hydrogen-bond donors (Lipinski definition) is 0. The molecule has 0 bridgehead atoms. The molecule has 0 saturated carbocycles. The van der Waals surface area contributed by atoms with Crippen molar-refractivity contribution in [3.8, 4) is 5.69 Å². The molecule has 7 nitrogen and oxygen atoms in total. The maximum atomic E-state index is 13.9. The number of piperazine rings is 1. The molecule has 1 aliphatic heterocycles. The second-order valence-electron chi connectivity index (χ2n) is 6.32. The quantitative estimate of drug-likeness (QED) is 0.614. The third-order valence-electron chi connectivity index (χ3n) is 4.59. The molecule has 1 aliphatic rings. The smallest absolute Gasteiger partial charge is 0.233 e. The van der Waals surface area contributed by atoms with E-state index in [0.717, 1.165) is 5.69 Å². The van der Waals surface area contributed by atoms with Crippen molar-refractivity contribution in [1.82, 2.24) is 25.1 Å². The Morgan fingerprint density at radius 2 is 1.71 bits per heavy atom. The predicted octanol–water partition coefficient (Wildman–Crippen LogP) is 2.24. The lowest BCUT2D eigenvalue weighted by atomic mass is 10.2. The Morgan fingerprint density at radius 3 is 2.46 bits per heavy atom. The van der Waals surface area contributed by atoms with E-state index in [1.807, 2.05) is 41.3 Å². The van der Waals surface area contributed by atoms with E-state index in [2.05, 4.69) is 15.5 Å². The molecule has 9 heteroatoms. The molecule has 4 rings (SSSR count). The van der Waals surface area contributed by atoms with E-state index < -0.39 is 0 Å². The minimum atomic E-state index is -0.231. The average Bonchev–Trinajstić information content (AvgIpc) is 3.22. The lowest BCUT2D eigenvalue weighted by Crippen LogP contribution is -2.49. The molecule has 1 amide bonds. The van der Waals surface area contributed by atoms with Gasteiger partial charge in [0, 0.05) is 26.2 Å². The number of carbonyl (C=O) groups is 1. The molecule has 1 aromatic heterocycles. The summed E-state index contributed by atoms with van der Waals surface area (Å²) in [5, 5.41) is 12.3. The summed E-state index contributed by atoms with van der Waals surface area (Å²) in [6, 6.07) is 16.3. The highest BCUT2D eigenvalue weighted by atomic mass is 32.2. The fourth-order valence-electron chi connectivity index (χ4n) is 3.12. The van der Waals surface area contributed by atoms with Crippen LogP contribution < -0.4 is 4.90 Å². The molecule has 144 valence electrons. The van der Waals surface area contributed by atoms with Crippen molar-refractivity contribution >= 4 is 23.4 Å². The van der Waals surface area contributed by atoms with Crippen LogP contribution in [-0.2, 0) is 4.79 Å². The Morgan fingerprint density at radius 1 is 1.00 bits per heavy atom. The largest absolute Gasteiger partial charge is 0.366 e. The van der Waals surface area contributed by atoms with E-state index in [1.165, 1.54) is 17.8 Å². The molecular weight excluding hydrogens is 379 g/mol. The summed E-state index contributed by atoms with van der Waals surface area (Å²) in [6.45, 7) is 2.35. The number of halogens is 1. The third-order valence-corrected chi connectivity index (χ3v) is 5.50. The van der Waals surface area contributed by atoms with Gasteiger partial charge in [-0.2, -0.15) is 4.68 Å². The number of hydrogen-bond acceptors (Lipinski definition) is 6. The van der Waals surface area contributed by atoms with E-state index in [-0.39, 0.29) is 17.5 Å².